The number of fused-ring (bicyclic) bond motifs is 1. The molecule has 10 heavy (non-hydrogen) atoms. The normalized spacial score (nSPS) is 10.3. The van der Waals surface area contributed by atoms with E-state index in [1.807, 2.05) is 32.0 Å². The molecular weight excluding hydrogens is 148 g/mol. The van der Waals surface area contributed by atoms with Crippen molar-refractivity contribution >= 4 is 11.6 Å². The van der Waals surface area contributed by atoms with Gasteiger partial charge in [0.05, 0.1) is 5.02 Å². The highest BCUT2D eigenvalue weighted by molar-refractivity contribution is 6.32. The summed E-state index contributed by atoms with van der Waals surface area (Å²) in [5, 5.41) is 0.711. The molecule has 1 aromatic carbocycles. The fourth-order valence-electron chi connectivity index (χ4n) is 0.656. The molecule has 0 atom stereocenters. The summed E-state index contributed by atoms with van der Waals surface area (Å²) < 4.78 is 4.94. The van der Waals surface area contributed by atoms with Crippen molar-refractivity contribution in [2.24, 2.45) is 0 Å². The first-order valence-electron chi connectivity index (χ1n) is 3.34. The third-order valence-electron chi connectivity index (χ3n) is 1.10. The van der Waals surface area contributed by atoms with Crippen molar-refractivity contribution in [3.63, 3.8) is 0 Å². The molecule has 0 bridgehead atoms. The predicted octanol–water partition coefficient (Wildman–Crippen LogP) is 3.47. The number of rotatable bonds is 0. The monoisotopic (exact) mass is 156 g/mol. The zero-order valence-corrected chi connectivity index (χ0v) is 6.77. The summed E-state index contributed by atoms with van der Waals surface area (Å²) in [5.41, 5.74) is 0. The standard InChI is InChI=1S/C6H3ClO.C2H6/c7-4-2-1-3-5-6(4)8-5;1-2/h1-3H;1-2H3. The molecule has 0 saturated carbocycles. The van der Waals surface area contributed by atoms with E-state index in [2.05, 4.69) is 0 Å². The first-order valence-corrected chi connectivity index (χ1v) is 3.72. The van der Waals surface area contributed by atoms with Crippen LogP contribution in [-0.2, 0) is 0 Å². The molecule has 1 aliphatic heterocycles. The molecule has 2 rings (SSSR count). The van der Waals surface area contributed by atoms with Crippen LogP contribution >= 0.6 is 11.6 Å². The largest absolute Gasteiger partial charge is 0.448 e. The fraction of sp³-hybridized carbons (Fsp3) is 0.250. The minimum absolute atomic E-state index is 0.711. The SMILES string of the molecule is CC.Clc1cccc2c1O2. The van der Waals surface area contributed by atoms with E-state index in [9.17, 15) is 0 Å². The molecule has 54 valence electrons. The van der Waals surface area contributed by atoms with Crippen LogP contribution in [0.4, 0.5) is 0 Å². The van der Waals surface area contributed by atoms with Crippen LogP contribution in [0.5, 0.6) is 11.5 Å². The van der Waals surface area contributed by atoms with Gasteiger partial charge in [-0.1, -0.05) is 31.5 Å². The summed E-state index contributed by atoms with van der Waals surface area (Å²) in [5.74, 6) is 1.76. The van der Waals surface area contributed by atoms with Crippen molar-refractivity contribution in [2.75, 3.05) is 0 Å². The molecule has 1 heterocycles. The molecule has 0 unspecified atom stereocenters. The molecule has 0 aromatic heterocycles. The fourth-order valence-corrected chi connectivity index (χ4v) is 0.861. The highest BCUT2D eigenvalue weighted by atomic mass is 35.5. The van der Waals surface area contributed by atoms with E-state index >= 15 is 0 Å². The average molecular weight is 157 g/mol. The summed E-state index contributed by atoms with van der Waals surface area (Å²) >= 11 is 5.64. The van der Waals surface area contributed by atoms with E-state index in [1.54, 1.807) is 0 Å². The summed E-state index contributed by atoms with van der Waals surface area (Å²) in [6.45, 7) is 4.00. The topological polar surface area (TPSA) is 12.5 Å². The maximum Gasteiger partial charge on any atom is 0.188 e. The van der Waals surface area contributed by atoms with Gasteiger partial charge in [0.1, 0.15) is 0 Å². The Morgan fingerprint density at radius 3 is 2.50 bits per heavy atom. The molecule has 0 radical (unpaired) electrons. The Bertz CT molecular complexity index is 233. The quantitative estimate of drug-likeness (QED) is 0.532. The molecule has 0 saturated heterocycles. The number of ether oxygens (including phenoxy) is 1. The summed E-state index contributed by atoms with van der Waals surface area (Å²) in [4.78, 5) is 0. The smallest absolute Gasteiger partial charge is 0.188 e. The van der Waals surface area contributed by atoms with E-state index < -0.39 is 0 Å². The maximum absolute atomic E-state index is 5.64. The summed E-state index contributed by atoms with van der Waals surface area (Å²) in [6, 6.07) is 5.57. The van der Waals surface area contributed by atoms with Crippen LogP contribution in [0, 0.1) is 0 Å². The molecule has 0 amide bonds. The van der Waals surface area contributed by atoms with E-state index in [0.717, 1.165) is 11.5 Å². The van der Waals surface area contributed by atoms with Gasteiger partial charge in [-0.05, 0) is 12.1 Å². The molecule has 0 fully saturated rings. The minimum atomic E-state index is 0.711. The Morgan fingerprint density at radius 1 is 1.30 bits per heavy atom. The number of hydrogen-bond donors (Lipinski definition) is 0. The number of hydrogen-bond acceptors (Lipinski definition) is 1. The zero-order valence-electron chi connectivity index (χ0n) is 6.02. The zero-order chi connectivity index (χ0) is 7.56. The van der Waals surface area contributed by atoms with Crippen LogP contribution < -0.4 is 4.74 Å². The second-order valence-electron chi connectivity index (χ2n) is 1.67. The molecule has 0 N–H and O–H groups in total. The van der Waals surface area contributed by atoms with E-state index in [0.29, 0.717) is 5.02 Å². The van der Waals surface area contributed by atoms with Gasteiger partial charge in [0.25, 0.3) is 0 Å². The van der Waals surface area contributed by atoms with Crippen molar-refractivity contribution < 1.29 is 4.74 Å². The highest BCUT2D eigenvalue weighted by Crippen LogP contribution is 2.49. The third-order valence-corrected chi connectivity index (χ3v) is 1.40. The lowest BCUT2D eigenvalue weighted by Crippen LogP contribution is -1.47. The van der Waals surface area contributed by atoms with Crippen LogP contribution in [0.1, 0.15) is 13.8 Å². The van der Waals surface area contributed by atoms with Crippen molar-refractivity contribution in [1.82, 2.24) is 0 Å². The van der Waals surface area contributed by atoms with Gasteiger partial charge in [-0.25, -0.2) is 0 Å². The van der Waals surface area contributed by atoms with Crippen LogP contribution in [-0.4, -0.2) is 0 Å². The van der Waals surface area contributed by atoms with Crippen molar-refractivity contribution in [2.45, 2.75) is 13.8 Å². The van der Waals surface area contributed by atoms with Gasteiger partial charge in [0.2, 0.25) is 0 Å². The van der Waals surface area contributed by atoms with Crippen LogP contribution in [0.2, 0.25) is 5.02 Å². The first-order chi connectivity index (χ1) is 4.88. The van der Waals surface area contributed by atoms with Crippen molar-refractivity contribution in [3.8, 4) is 11.5 Å². The van der Waals surface area contributed by atoms with Crippen molar-refractivity contribution in [3.05, 3.63) is 23.2 Å². The molecule has 1 aliphatic rings. The third kappa shape index (κ3) is 1.24. The van der Waals surface area contributed by atoms with Gasteiger partial charge in [-0.15, -0.1) is 0 Å². The number of benzene rings is 1. The van der Waals surface area contributed by atoms with Crippen LogP contribution in [0.25, 0.3) is 0 Å². The number of halogens is 1. The Kier molecular flexibility index (Phi) is 2.17. The summed E-state index contributed by atoms with van der Waals surface area (Å²) in [6.07, 6.45) is 0. The Balaban J connectivity index is 0.000000231. The van der Waals surface area contributed by atoms with Crippen LogP contribution in [0.3, 0.4) is 0 Å². The van der Waals surface area contributed by atoms with Gasteiger partial charge in [0.15, 0.2) is 11.5 Å². The predicted molar refractivity (Wildman–Crippen MR) is 42.9 cm³/mol. The minimum Gasteiger partial charge on any atom is -0.448 e. The Hall–Kier alpha value is -0.690. The highest BCUT2D eigenvalue weighted by Gasteiger charge is 2.21. The molecular formula is C8H9ClO. The second kappa shape index (κ2) is 2.93. The Morgan fingerprint density at radius 2 is 2.00 bits per heavy atom. The maximum atomic E-state index is 5.64. The summed E-state index contributed by atoms with van der Waals surface area (Å²) in [7, 11) is 0. The Labute approximate surface area is 65.6 Å². The molecule has 2 heteroatoms. The van der Waals surface area contributed by atoms with E-state index in [1.165, 1.54) is 0 Å². The second-order valence-corrected chi connectivity index (χ2v) is 2.08. The van der Waals surface area contributed by atoms with E-state index in [4.69, 9.17) is 16.3 Å². The van der Waals surface area contributed by atoms with Gasteiger partial charge >= 0.3 is 0 Å². The lowest BCUT2D eigenvalue weighted by atomic mass is 10.4. The first kappa shape index (κ1) is 7.42. The lowest BCUT2D eigenvalue weighted by molar-refractivity contribution is 0.650. The van der Waals surface area contributed by atoms with Crippen molar-refractivity contribution in [1.29, 1.82) is 0 Å². The van der Waals surface area contributed by atoms with Gasteiger partial charge in [-0.3, -0.25) is 0 Å². The van der Waals surface area contributed by atoms with Gasteiger partial charge in [-0.2, -0.15) is 0 Å². The average Bonchev–Trinajstić information content (AvgIpc) is 2.72. The molecule has 1 nitrogen and oxygen atoms in total. The van der Waals surface area contributed by atoms with Gasteiger partial charge in [0, 0.05) is 0 Å². The molecule has 0 spiro atoms. The lowest BCUT2D eigenvalue weighted by Gasteiger charge is -1.73. The number of para-hydroxylation sites is 1. The molecule has 1 aromatic rings. The van der Waals surface area contributed by atoms with Gasteiger partial charge < -0.3 is 4.74 Å². The van der Waals surface area contributed by atoms with E-state index in [-0.39, 0.29) is 0 Å². The molecule has 0 aliphatic carbocycles. The van der Waals surface area contributed by atoms with Crippen LogP contribution in [0.15, 0.2) is 18.2 Å².